The van der Waals surface area contributed by atoms with Gasteiger partial charge in [-0.2, -0.15) is 0 Å². The minimum atomic E-state index is -0.626. The molecule has 1 aromatic carbocycles. The van der Waals surface area contributed by atoms with Crippen LogP contribution in [0.2, 0.25) is 10.0 Å². The van der Waals surface area contributed by atoms with E-state index in [0.717, 1.165) is 49.8 Å². The van der Waals surface area contributed by atoms with Crippen LogP contribution in [0.4, 0.5) is 5.69 Å². The lowest BCUT2D eigenvalue weighted by Gasteiger charge is -2.41. The van der Waals surface area contributed by atoms with E-state index >= 15 is 0 Å². The maximum Gasteiger partial charge on any atom is 0.328 e. The lowest BCUT2D eigenvalue weighted by atomic mass is 9.66. The molecule has 0 aliphatic heterocycles. The Bertz CT molecular complexity index is 1150. The van der Waals surface area contributed by atoms with Crippen molar-refractivity contribution in [2.45, 2.75) is 57.9 Å². The molecule has 0 unspecified atom stereocenters. The molecular formula is C27H29Cl2N3O4. The molecule has 7 nitrogen and oxygen atoms in total. The molecule has 0 bridgehead atoms. The molecule has 1 heterocycles. The van der Waals surface area contributed by atoms with Crippen LogP contribution in [-0.4, -0.2) is 35.3 Å². The van der Waals surface area contributed by atoms with Crippen molar-refractivity contribution < 1.29 is 19.1 Å². The Labute approximate surface area is 220 Å². The highest BCUT2D eigenvalue weighted by Crippen LogP contribution is 2.47. The molecule has 9 heteroatoms. The highest BCUT2D eigenvalue weighted by atomic mass is 35.5. The third kappa shape index (κ3) is 5.57. The van der Waals surface area contributed by atoms with Crippen molar-refractivity contribution in [2.24, 2.45) is 5.41 Å². The van der Waals surface area contributed by atoms with Gasteiger partial charge in [-0.25, -0.2) is 4.79 Å². The molecule has 2 aliphatic rings. The van der Waals surface area contributed by atoms with Gasteiger partial charge in [0.2, 0.25) is 0 Å². The summed E-state index contributed by atoms with van der Waals surface area (Å²) in [6, 6.07) is 6.54. The van der Waals surface area contributed by atoms with E-state index < -0.39 is 17.4 Å². The molecule has 1 atom stereocenters. The van der Waals surface area contributed by atoms with Gasteiger partial charge in [0.15, 0.2) is 5.78 Å². The number of carbonyl (C=O) groups is 3. The normalized spacial score (nSPS) is 17.4. The summed E-state index contributed by atoms with van der Waals surface area (Å²) in [5.41, 5.74) is 1.95. The number of amides is 1. The molecule has 1 aromatic heterocycles. The van der Waals surface area contributed by atoms with Gasteiger partial charge in [-0.05, 0) is 37.5 Å². The fourth-order valence-corrected chi connectivity index (χ4v) is 5.43. The number of rotatable bonds is 8. The van der Waals surface area contributed by atoms with Gasteiger partial charge in [-0.1, -0.05) is 61.0 Å². The van der Waals surface area contributed by atoms with Gasteiger partial charge in [0.05, 0.1) is 27.6 Å². The summed E-state index contributed by atoms with van der Waals surface area (Å²) in [5.74, 6) is -0.647. The fraction of sp³-hybridized carbons (Fsp3) is 0.407. The second kappa shape index (κ2) is 11.4. The fourth-order valence-electron chi connectivity index (χ4n) is 4.90. The Morgan fingerprint density at radius 3 is 2.28 bits per heavy atom. The van der Waals surface area contributed by atoms with Crippen molar-refractivity contribution in [2.75, 3.05) is 11.9 Å². The monoisotopic (exact) mass is 529 g/mol. The minimum absolute atomic E-state index is 0.153. The van der Waals surface area contributed by atoms with Gasteiger partial charge in [0, 0.05) is 36.3 Å². The lowest BCUT2D eigenvalue weighted by Crippen LogP contribution is -2.51. The summed E-state index contributed by atoms with van der Waals surface area (Å²) in [6.45, 7) is 2.04. The van der Waals surface area contributed by atoms with Crippen molar-refractivity contribution in [1.82, 2.24) is 10.3 Å². The first-order chi connectivity index (χ1) is 17.3. The average molecular weight is 530 g/mol. The number of aromatic nitrogens is 1. The predicted octanol–water partition coefficient (Wildman–Crippen LogP) is 5.51. The van der Waals surface area contributed by atoms with Gasteiger partial charge in [0.1, 0.15) is 6.04 Å². The second-order valence-corrected chi connectivity index (χ2v) is 10.0. The summed E-state index contributed by atoms with van der Waals surface area (Å²) in [7, 11) is 0. The van der Waals surface area contributed by atoms with Gasteiger partial charge in [-0.15, -0.1) is 0 Å². The van der Waals surface area contributed by atoms with Gasteiger partial charge in [0.25, 0.3) is 5.91 Å². The number of carbonyl (C=O) groups excluding carboxylic acids is 3. The Hall–Kier alpha value is -2.90. The summed E-state index contributed by atoms with van der Waals surface area (Å²) in [5, 5.41) is 6.45. The number of hydrogen-bond donors (Lipinski definition) is 2. The van der Waals surface area contributed by atoms with Gasteiger partial charge in [-0.3, -0.25) is 14.6 Å². The summed E-state index contributed by atoms with van der Waals surface area (Å²) in [6.07, 6.45) is 10.6. The van der Waals surface area contributed by atoms with Crippen LogP contribution in [0.15, 0.2) is 48.4 Å². The zero-order chi connectivity index (χ0) is 25.7. The Balaban J connectivity index is 1.46. The highest BCUT2D eigenvalue weighted by Gasteiger charge is 2.48. The van der Waals surface area contributed by atoms with Crippen LogP contribution in [0.25, 0.3) is 0 Å². The molecule has 2 aliphatic carbocycles. The van der Waals surface area contributed by atoms with E-state index in [0.29, 0.717) is 12.1 Å². The second-order valence-electron chi connectivity index (χ2n) is 9.20. The van der Waals surface area contributed by atoms with Crippen LogP contribution < -0.4 is 10.6 Å². The van der Waals surface area contributed by atoms with E-state index in [-0.39, 0.29) is 34.0 Å². The van der Waals surface area contributed by atoms with E-state index in [1.807, 2.05) is 12.1 Å². The number of nitrogens with zero attached hydrogens (tertiary/aromatic N) is 1. The zero-order valence-corrected chi connectivity index (χ0v) is 21.6. The SMILES string of the molecule is CCOC(=O)[C@H](Cc1ccc(NC(=O)c2c(Cl)cncc2Cl)cc1)NC1=CC(=O)C12CCCCCC2. The third-order valence-electron chi connectivity index (χ3n) is 6.85. The quantitative estimate of drug-likeness (QED) is 0.437. The Kier molecular flexibility index (Phi) is 8.32. The van der Waals surface area contributed by atoms with E-state index in [2.05, 4.69) is 15.6 Å². The molecule has 4 rings (SSSR count). The van der Waals surface area contributed by atoms with Crippen molar-refractivity contribution in [3.63, 3.8) is 0 Å². The zero-order valence-electron chi connectivity index (χ0n) is 20.1. The molecule has 190 valence electrons. The van der Waals surface area contributed by atoms with Gasteiger partial charge < -0.3 is 15.4 Å². The molecule has 2 N–H and O–H groups in total. The first kappa shape index (κ1) is 26.2. The number of halogens is 2. The summed E-state index contributed by atoms with van der Waals surface area (Å²) < 4.78 is 5.32. The topological polar surface area (TPSA) is 97.4 Å². The van der Waals surface area contributed by atoms with Gasteiger partial charge >= 0.3 is 5.97 Å². The Morgan fingerprint density at radius 1 is 1.06 bits per heavy atom. The number of pyridine rings is 1. The maximum atomic E-state index is 12.8. The number of hydrogen-bond acceptors (Lipinski definition) is 6. The van der Waals surface area contributed by atoms with Crippen LogP contribution >= 0.6 is 23.2 Å². The number of ketones is 1. The molecule has 1 amide bonds. The molecule has 2 aromatic rings. The Morgan fingerprint density at radius 2 is 1.69 bits per heavy atom. The maximum absolute atomic E-state index is 12.8. The smallest absolute Gasteiger partial charge is 0.328 e. The van der Waals surface area contributed by atoms with Crippen molar-refractivity contribution in [1.29, 1.82) is 0 Å². The molecule has 36 heavy (non-hydrogen) atoms. The van der Waals surface area contributed by atoms with Crippen LogP contribution in [0.1, 0.15) is 61.4 Å². The van der Waals surface area contributed by atoms with Crippen molar-refractivity contribution in [3.8, 4) is 0 Å². The first-order valence-corrected chi connectivity index (χ1v) is 13.0. The number of benzene rings is 1. The standard InChI is InChI=1S/C27H29Cl2N3O4/c1-2-36-26(35)21(32-22-14-23(33)27(22)11-5-3-4-6-12-27)13-17-7-9-18(10-8-17)31-25(34)24-19(28)15-30-16-20(24)29/h7-10,14-16,21,32H,2-6,11-13H2,1H3,(H,31,34)/t21-/m0/s1. The third-order valence-corrected chi connectivity index (χ3v) is 7.43. The lowest BCUT2D eigenvalue weighted by molar-refractivity contribution is -0.146. The number of nitrogens with one attached hydrogen (secondary N) is 2. The van der Waals surface area contributed by atoms with Crippen LogP contribution in [0, 0.1) is 5.41 Å². The van der Waals surface area contributed by atoms with Crippen molar-refractivity contribution in [3.05, 3.63) is 69.6 Å². The molecule has 0 saturated heterocycles. The number of ether oxygens (including phenoxy) is 1. The minimum Gasteiger partial charge on any atom is -0.464 e. The van der Waals surface area contributed by atoms with Crippen LogP contribution in [0.3, 0.4) is 0 Å². The molecule has 1 fully saturated rings. The molecule has 0 radical (unpaired) electrons. The highest BCUT2D eigenvalue weighted by molar-refractivity contribution is 6.40. The summed E-state index contributed by atoms with van der Waals surface area (Å²) >= 11 is 12.1. The van der Waals surface area contributed by atoms with E-state index in [9.17, 15) is 14.4 Å². The average Bonchev–Trinajstić information content (AvgIpc) is 3.13. The number of allylic oxidation sites excluding steroid dienone is 2. The number of anilines is 1. The first-order valence-electron chi connectivity index (χ1n) is 12.2. The molecule has 1 saturated carbocycles. The summed E-state index contributed by atoms with van der Waals surface area (Å²) in [4.78, 5) is 41.9. The van der Waals surface area contributed by atoms with E-state index in [1.165, 1.54) is 12.4 Å². The number of esters is 1. The predicted molar refractivity (Wildman–Crippen MR) is 139 cm³/mol. The molecular weight excluding hydrogens is 501 g/mol. The largest absolute Gasteiger partial charge is 0.464 e. The van der Waals surface area contributed by atoms with Crippen LogP contribution in [-0.2, 0) is 20.7 Å². The van der Waals surface area contributed by atoms with Crippen molar-refractivity contribution >= 4 is 46.5 Å². The van der Waals surface area contributed by atoms with E-state index in [4.69, 9.17) is 27.9 Å². The molecule has 1 spiro atoms. The van der Waals surface area contributed by atoms with Crippen LogP contribution in [0.5, 0.6) is 0 Å². The van der Waals surface area contributed by atoms with E-state index in [1.54, 1.807) is 25.1 Å².